The van der Waals surface area contributed by atoms with Crippen LogP contribution in [-0.4, -0.2) is 40.1 Å². The first kappa shape index (κ1) is 16.7. The number of nitrogens with zero attached hydrogens (tertiary/aromatic N) is 5. The van der Waals surface area contributed by atoms with Gasteiger partial charge in [-0.15, -0.1) is 0 Å². The van der Waals surface area contributed by atoms with Crippen molar-refractivity contribution < 1.29 is 4.39 Å². The van der Waals surface area contributed by atoms with E-state index in [9.17, 15) is 4.39 Å². The third-order valence-corrected chi connectivity index (χ3v) is 5.25. The van der Waals surface area contributed by atoms with Gasteiger partial charge in [-0.05, 0) is 53.4 Å². The quantitative estimate of drug-likeness (QED) is 0.660. The fraction of sp³-hybridized carbons (Fsp3) is 0.182. The fourth-order valence-electron chi connectivity index (χ4n) is 3.95. The molecular formula is C22H18FN5. The number of pyridine rings is 2. The molecule has 0 fully saturated rings. The van der Waals surface area contributed by atoms with Crippen molar-refractivity contribution in [3.8, 4) is 11.1 Å². The summed E-state index contributed by atoms with van der Waals surface area (Å²) in [6.07, 6.45) is 7.86. The second kappa shape index (κ2) is 6.64. The number of hydrogen-bond acceptors (Lipinski definition) is 5. The van der Waals surface area contributed by atoms with Crippen LogP contribution in [0.3, 0.4) is 0 Å². The van der Waals surface area contributed by atoms with Gasteiger partial charge in [-0.3, -0.25) is 15.0 Å². The molecule has 0 radical (unpaired) electrons. The molecule has 5 rings (SSSR count). The van der Waals surface area contributed by atoms with Crippen LogP contribution >= 0.6 is 0 Å². The highest BCUT2D eigenvalue weighted by Crippen LogP contribution is 2.41. The number of fused-ring (bicyclic) bond motifs is 1. The third-order valence-electron chi connectivity index (χ3n) is 5.25. The van der Waals surface area contributed by atoms with Gasteiger partial charge in [-0.25, -0.2) is 4.98 Å². The van der Waals surface area contributed by atoms with Gasteiger partial charge in [0.05, 0.1) is 6.34 Å². The Bertz CT molecular complexity index is 1080. The normalized spacial score (nSPS) is 20.8. The van der Waals surface area contributed by atoms with Crippen LogP contribution in [0, 0.1) is 5.95 Å². The van der Waals surface area contributed by atoms with E-state index in [0.29, 0.717) is 5.56 Å². The van der Waals surface area contributed by atoms with E-state index in [0.717, 1.165) is 42.0 Å². The second-order valence-corrected chi connectivity index (χ2v) is 6.87. The number of benzene rings is 1. The summed E-state index contributed by atoms with van der Waals surface area (Å²) in [4.78, 5) is 19.8. The van der Waals surface area contributed by atoms with Gasteiger partial charge in [0.25, 0.3) is 0 Å². The van der Waals surface area contributed by atoms with Crippen molar-refractivity contribution in [3.63, 3.8) is 0 Å². The van der Waals surface area contributed by atoms with Crippen LogP contribution in [0.1, 0.15) is 17.5 Å². The van der Waals surface area contributed by atoms with Gasteiger partial charge < -0.3 is 4.90 Å². The topological polar surface area (TPSA) is 53.7 Å². The zero-order valence-corrected chi connectivity index (χ0v) is 15.2. The van der Waals surface area contributed by atoms with Crippen LogP contribution in [0.4, 0.5) is 4.39 Å². The number of rotatable bonds is 3. The Hall–Kier alpha value is -3.41. The summed E-state index contributed by atoms with van der Waals surface area (Å²) in [7, 11) is 0. The molecule has 6 heteroatoms. The highest BCUT2D eigenvalue weighted by atomic mass is 19.1. The number of aromatic nitrogens is 2. The second-order valence-electron chi connectivity index (χ2n) is 6.87. The van der Waals surface area contributed by atoms with Gasteiger partial charge in [0.15, 0.2) is 5.54 Å². The summed E-state index contributed by atoms with van der Waals surface area (Å²) in [6.45, 7) is 1.67. The average molecular weight is 371 g/mol. The molecule has 2 aliphatic rings. The average Bonchev–Trinajstić information content (AvgIpc) is 3.16. The maximum absolute atomic E-state index is 14.3. The first-order chi connectivity index (χ1) is 13.8. The van der Waals surface area contributed by atoms with E-state index < -0.39 is 11.5 Å². The molecule has 0 N–H and O–H groups in total. The van der Waals surface area contributed by atoms with E-state index in [4.69, 9.17) is 9.98 Å². The van der Waals surface area contributed by atoms with Crippen molar-refractivity contribution in [3.05, 3.63) is 84.2 Å². The minimum atomic E-state index is -0.752. The molecule has 2 aliphatic heterocycles. The molecule has 1 aromatic carbocycles. The first-order valence-corrected chi connectivity index (χ1v) is 9.28. The van der Waals surface area contributed by atoms with Crippen molar-refractivity contribution >= 4 is 12.2 Å². The zero-order chi connectivity index (χ0) is 19.0. The predicted molar refractivity (Wildman–Crippen MR) is 107 cm³/mol. The Labute approximate surface area is 162 Å². The minimum Gasteiger partial charge on any atom is -0.319 e. The van der Waals surface area contributed by atoms with Crippen LogP contribution in [0.2, 0.25) is 0 Å². The molecular weight excluding hydrogens is 353 g/mol. The van der Waals surface area contributed by atoms with Crippen molar-refractivity contribution in [1.29, 1.82) is 0 Å². The Morgan fingerprint density at radius 1 is 0.964 bits per heavy atom. The molecule has 0 saturated carbocycles. The highest BCUT2D eigenvalue weighted by molar-refractivity contribution is 6.07. The molecule has 138 valence electrons. The van der Waals surface area contributed by atoms with E-state index in [1.807, 2.05) is 42.7 Å². The van der Waals surface area contributed by atoms with Crippen LogP contribution in [-0.2, 0) is 5.54 Å². The van der Waals surface area contributed by atoms with E-state index in [1.165, 1.54) is 6.20 Å². The van der Waals surface area contributed by atoms with Crippen molar-refractivity contribution in [2.75, 3.05) is 13.1 Å². The van der Waals surface area contributed by atoms with Gasteiger partial charge in [0.1, 0.15) is 5.84 Å². The molecule has 0 aliphatic carbocycles. The smallest absolute Gasteiger partial charge is 0.220 e. The van der Waals surface area contributed by atoms with Crippen molar-refractivity contribution in [2.24, 2.45) is 9.98 Å². The molecule has 1 atom stereocenters. The van der Waals surface area contributed by atoms with Gasteiger partial charge in [0.2, 0.25) is 5.95 Å². The van der Waals surface area contributed by atoms with E-state index in [1.54, 1.807) is 24.5 Å². The fourth-order valence-corrected chi connectivity index (χ4v) is 3.95. The molecule has 28 heavy (non-hydrogen) atoms. The summed E-state index contributed by atoms with van der Waals surface area (Å²) in [5.41, 5.74) is 2.42. The zero-order valence-electron chi connectivity index (χ0n) is 15.2. The minimum absolute atomic E-state index is 0.471. The Morgan fingerprint density at radius 3 is 2.71 bits per heavy atom. The van der Waals surface area contributed by atoms with E-state index >= 15 is 0 Å². The lowest BCUT2D eigenvalue weighted by Gasteiger charge is -2.33. The van der Waals surface area contributed by atoms with Crippen molar-refractivity contribution in [2.45, 2.75) is 12.0 Å². The van der Waals surface area contributed by atoms with E-state index in [2.05, 4.69) is 14.9 Å². The summed E-state index contributed by atoms with van der Waals surface area (Å²) in [5, 5.41) is 0. The highest BCUT2D eigenvalue weighted by Gasteiger charge is 2.46. The van der Waals surface area contributed by atoms with Gasteiger partial charge in [-0.2, -0.15) is 4.39 Å². The molecule has 0 amide bonds. The number of amidine groups is 1. The largest absolute Gasteiger partial charge is 0.319 e. The molecule has 0 saturated heterocycles. The summed E-state index contributed by atoms with van der Waals surface area (Å²) < 4.78 is 14.3. The lowest BCUT2D eigenvalue weighted by atomic mass is 9.81. The lowest BCUT2D eigenvalue weighted by molar-refractivity contribution is 0.541. The van der Waals surface area contributed by atoms with E-state index in [-0.39, 0.29) is 0 Å². The third kappa shape index (κ3) is 2.52. The van der Waals surface area contributed by atoms with Crippen LogP contribution < -0.4 is 0 Å². The summed E-state index contributed by atoms with van der Waals surface area (Å²) in [5.74, 6) is 0.429. The van der Waals surface area contributed by atoms with Gasteiger partial charge >= 0.3 is 0 Å². The lowest BCUT2D eigenvalue weighted by Crippen LogP contribution is -2.43. The summed E-state index contributed by atoms with van der Waals surface area (Å²) in [6, 6.07) is 15.2. The Balaban J connectivity index is 1.72. The van der Waals surface area contributed by atoms with Gasteiger partial charge in [-0.1, -0.05) is 18.2 Å². The molecule has 4 heterocycles. The monoisotopic (exact) mass is 371 g/mol. The standard InChI is InChI=1S/C22H18FN5/c23-20-19(6-2-9-25-20)16-4-1-5-18(14-16)22(17-7-11-24-12-8-17)21-26-10-3-13-28(21)15-27-22/h1-2,4-9,11-12,14-15H,3,10,13H2. The SMILES string of the molecule is Fc1ncccc1-c1cccc(C2(c3ccncc3)N=CN3CCCN=C32)c1. The summed E-state index contributed by atoms with van der Waals surface area (Å²) >= 11 is 0. The van der Waals surface area contributed by atoms with Crippen molar-refractivity contribution in [1.82, 2.24) is 14.9 Å². The Morgan fingerprint density at radius 2 is 1.86 bits per heavy atom. The molecule has 2 aromatic heterocycles. The number of hydrogen-bond donors (Lipinski definition) is 0. The predicted octanol–water partition coefficient (Wildman–Crippen LogP) is 3.67. The molecule has 1 unspecified atom stereocenters. The Kier molecular flexibility index (Phi) is 3.97. The molecule has 5 nitrogen and oxygen atoms in total. The van der Waals surface area contributed by atoms with Crippen LogP contribution in [0.15, 0.2) is 77.1 Å². The maximum Gasteiger partial charge on any atom is 0.220 e. The number of halogens is 1. The molecule has 0 bridgehead atoms. The molecule has 0 spiro atoms. The molecule has 3 aromatic rings. The first-order valence-electron chi connectivity index (χ1n) is 9.28. The van der Waals surface area contributed by atoms with Crippen LogP contribution in [0.25, 0.3) is 11.1 Å². The van der Waals surface area contributed by atoms with Gasteiger partial charge in [0, 0.05) is 37.2 Å². The maximum atomic E-state index is 14.3. The van der Waals surface area contributed by atoms with Crippen LogP contribution in [0.5, 0.6) is 0 Å². The number of aliphatic imine (C=N–C) groups is 2.